The third-order valence-electron chi connectivity index (χ3n) is 1.69. The maximum absolute atomic E-state index is 10.7. The number of nitrogens with one attached hydrogen (secondary N) is 1. The molecule has 0 unspecified atom stereocenters. The van der Waals surface area contributed by atoms with Crippen LogP contribution in [-0.2, 0) is 0 Å². The van der Waals surface area contributed by atoms with Gasteiger partial charge >= 0.3 is 5.97 Å². The Morgan fingerprint density at radius 3 is 3.07 bits per heavy atom. The van der Waals surface area contributed by atoms with Gasteiger partial charge in [0.05, 0.1) is 5.39 Å². The van der Waals surface area contributed by atoms with Crippen LogP contribution in [0.25, 0.3) is 11.0 Å². The molecule has 0 aliphatic rings. The number of aromatic nitrogens is 4. The number of carboxylic acids is 1. The molecule has 0 fully saturated rings. The molecule has 2 heterocycles. The van der Waals surface area contributed by atoms with E-state index in [0.717, 1.165) is 0 Å². The Morgan fingerprint density at radius 2 is 2.43 bits per heavy atom. The fourth-order valence-corrected chi connectivity index (χ4v) is 1.39. The average Bonchev–Trinajstić information content (AvgIpc) is 2.59. The first-order valence-corrected chi connectivity index (χ1v) is 4.93. The van der Waals surface area contributed by atoms with Gasteiger partial charge < -0.3 is 5.11 Å². The van der Waals surface area contributed by atoms with E-state index in [-0.39, 0.29) is 5.69 Å². The number of aromatic carboxylic acids is 1. The molecule has 7 heteroatoms. The molecule has 0 amide bonds. The summed E-state index contributed by atoms with van der Waals surface area (Å²) in [6.45, 7) is 0. The Morgan fingerprint density at radius 1 is 1.64 bits per heavy atom. The van der Waals surface area contributed by atoms with E-state index in [1.807, 2.05) is 6.26 Å². The third-order valence-corrected chi connectivity index (χ3v) is 2.25. The van der Waals surface area contributed by atoms with Crippen LogP contribution in [0.4, 0.5) is 0 Å². The summed E-state index contributed by atoms with van der Waals surface area (Å²) in [5.74, 6) is -1.06. The number of carbonyl (C=O) groups is 1. The topological polar surface area (TPSA) is 91.8 Å². The van der Waals surface area contributed by atoms with Crippen LogP contribution >= 0.6 is 11.8 Å². The van der Waals surface area contributed by atoms with E-state index in [4.69, 9.17) is 5.11 Å². The van der Waals surface area contributed by atoms with Crippen molar-refractivity contribution in [1.82, 2.24) is 20.2 Å². The van der Waals surface area contributed by atoms with Crippen LogP contribution in [0.2, 0.25) is 0 Å². The molecule has 0 aliphatic heterocycles. The molecule has 2 aromatic rings. The molecule has 0 spiro atoms. The van der Waals surface area contributed by atoms with Gasteiger partial charge in [0.15, 0.2) is 16.5 Å². The predicted octanol–water partition coefficient (Wildman–Crippen LogP) is 0.773. The summed E-state index contributed by atoms with van der Waals surface area (Å²) in [5.41, 5.74) is 0.398. The normalized spacial score (nSPS) is 10.6. The second-order valence-corrected chi connectivity index (χ2v) is 3.27. The zero-order valence-corrected chi connectivity index (χ0v) is 8.00. The Bertz CT molecular complexity index is 495. The van der Waals surface area contributed by atoms with E-state index in [1.165, 1.54) is 18.0 Å². The molecular formula is C7H6N4O2S. The second kappa shape index (κ2) is 3.26. The first-order chi connectivity index (χ1) is 6.72. The molecule has 6 nitrogen and oxygen atoms in total. The first-order valence-electron chi connectivity index (χ1n) is 3.71. The van der Waals surface area contributed by atoms with Crippen molar-refractivity contribution in [1.29, 1.82) is 0 Å². The Kier molecular flexibility index (Phi) is 2.08. The summed E-state index contributed by atoms with van der Waals surface area (Å²) in [6, 6.07) is 0. The van der Waals surface area contributed by atoms with Gasteiger partial charge in [-0.25, -0.2) is 14.8 Å². The summed E-state index contributed by atoms with van der Waals surface area (Å²) in [5, 5.41) is 15.9. The van der Waals surface area contributed by atoms with Gasteiger partial charge in [-0.2, -0.15) is 5.10 Å². The monoisotopic (exact) mass is 210 g/mol. The van der Waals surface area contributed by atoms with Crippen molar-refractivity contribution in [2.24, 2.45) is 0 Å². The Balaban J connectivity index is 2.65. The number of hydrogen-bond acceptors (Lipinski definition) is 5. The number of rotatable bonds is 2. The van der Waals surface area contributed by atoms with E-state index in [1.54, 1.807) is 0 Å². The number of carboxylic acid groups (broad SMARTS) is 1. The first kappa shape index (κ1) is 8.95. The fourth-order valence-electron chi connectivity index (χ4n) is 1.05. The standard InChI is InChI=1S/C7H6N4O2S/c1-14-7-8-2-3-4(6(12)13)10-11-5(3)9-7/h2H,1H3,(H,12,13)(H,8,9,10,11). The molecule has 72 valence electrons. The van der Waals surface area contributed by atoms with Crippen LogP contribution in [0.15, 0.2) is 11.4 Å². The highest BCUT2D eigenvalue weighted by atomic mass is 32.2. The molecule has 0 aliphatic carbocycles. The highest BCUT2D eigenvalue weighted by Crippen LogP contribution is 2.16. The van der Waals surface area contributed by atoms with E-state index < -0.39 is 5.97 Å². The quantitative estimate of drug-likeness (QED) is 0.562. The van der Waals surface area contributed by atoms with Crippen molar-refractivity contribution in [2.45, 2.75) is 5.16 Å². The maximum atomic E-state index is 10.7. The van der Waals surface area contributed by atoms with Crippen LogP contribution < -0.4 is 0 Å². The van der Waals surface area contributed by atoms with Crippen molar-refractivity contribution in [3.8, 4) is 0 Å². The fraction of sp³-hybridized carbons (Fsp3) is 0.143. The second-order valence-electron chi connectivity index (χ2n) is 2.50. The lowest BCUT2D eigenvalue weighted by molar-refractivity contribution is 0.0692. The molecule has 2 rings (SSSR count). The van der Waals surface area contributed by atoms with Crippen LogP contribution in [0.1, 0.15) is 10.5 Å². The van der Waals surface area contributed by atoms with Gasteiger partial charge in [0.1, 0.15) is 0 Å². The zero-order chi connectivity index (χ0) is 10.1. The highest BCUT2D eigenvalue weighted by Gasteiger charge is 2.13. The molecule has 0 bridgehead atoms. The highest BCUT2D eigenvalue weighted by molar-refractivity contribution is 7.98. The third kappa shape index (κ3) is 1.31. The maximum Gasteiger partial charge on any atom is 0.354 e. The van der Waals surface area contributed by atoms with Crippen molar-refractivity contribution >= 4 is 28.8 Å². The average molecular weight is 210 g/mol. The smallest absolute Gasteiger partial charge is 0.354 e. The lowest BCUT2D eigenvalue weighted by atomic mass is 10.3. The molecule has 0 atom stereocenters. The summed E-state index contributed by atoms with van der Waals surface area (Å²) in [4.78, 5) is 18.7. The lowest BCUT2D eigenvalue weighted by Gasteiger charge is -1.92. The lowest BCUT2D eigenvalue weighted by Crippen LogP contribution is -1.97. The number of hydrogen-bond donors (Lipinski definition) is 2. The summed E-state index contributed by atoms with van der Waals surface area (Å²) < 4.78 is 0. The molecule has 2 aromatic heterocycles. The summed E-state index contributed by atoms with van der Waals surface area (Å²) in [7, 11) is 0. The van der Waals surface area contributed by atoms with Gasteiger partial charge in [0.2, 0.25) is 0 Å². The minimum Gasteiger partial charge on any atom is -0.477 e. The van der Waals surface area contributed by atoms with E-state index >= 15 is 0 Å². The minimum absolute atomic E-state index is 0.0210. The molecule has 0 saturated heterocycles. The van der Waals surface area contributed by atoms with Gasteiger partial charge in [-0.15, -0.1) is 0 Å². The molecule has 2 N–H and O–H groups in total. The van der Waals surface area contributed by atoms with Gasteiger partial charge in [0, 0.05) is 6.20 Å². The van der Waals surface area contributed by atoms with Crippen LogP contribution in [-0.4, -0.2) is 37.5 Å². The van der Waals surface area contributed by atoms with E-state index in [9.17, 15) is 4.79 Å². The summed E-state index contributed by atoms with van der Waals surface area (Å²) in [6.07, 6.45) is 3.30. The largest absolute Gasteiger partial charge is 0.477 e. The number of fused-ring (bicyclic) bond motifs is 1. The molecular weight excluding hydrogens is 204 g/mol. The van der Waals surface area contributed by atoms with Gasteiger partial charge in [0.25, 0.3) is 0 Å². The predicted molar refractivity (Wildman–Crippen MR) is 50.4 cm³/mol. The number of H-pyrrole nitrogens is 1. The van der Waals surface area contributed by atoms with Crippen LogP contribution in [0.3, 0.4) is 0 Å². The van der Waals surface area contributed by atoms with Crippen LogP contribution in [0, 0.1) is 0 Å². The van der Waals surface area contributed by atoms with Crippen molar-refractivity contribution in [2.75, 3.05) is 6.26 Å². The molecule has 0 saturated carbocycles. The van der Waals surface area contributed by atoms with Gasteiger partial charge in [-0.05, 0) is 6.26 Å². The van der Waals surface area contributed by atoms with Crippen molar-refractivity contribution in [3.05, 3.63) is 11.9 Å². The van der Waals surface area contributed by atoms with Gasteiger partial charge in [-0.3, -0.25) is 5.10 Å². The molecule has 14 heavy (non-hydrogen) atoms. The molecule has 0 aromatic carbocycles. The summed E-state index contributed by atoms with van der Waals surface area (Å²) >= 11 is 1.38. The van der Waals surface area contributed by atoms with Crippen LogP contribution in [0.5, 0.6) is 0 Å². The van der Waals surface area contributed by atoms with Crippen molar-refractivity contribution < 1.29 is 9.90 Å². The minimum atomic E-state index is -1.06. The number of nitrogens with zero attached hydrogens (tertiary/aromatic N) is 3. The Hall–Kier alpha value is -1.63. The number of thioether (sulfide) groups is 1. The molecule has 0 radical (unpaired) electrons. The SMILES string of the molecule is CSc1ncc2c(C(=O)O)[nH]nc2n1. The van der Waals surface area contributed by atoms with Crippen molar-refractivity contribution in [3.63, 3.8) is 0 Å². The zero-order valence-electron chi connectivity index (χ0n) is 7.18. The number of aromatic amines is 1. The Labute approximate surface area is 82.8 Å². The van der Waals surface area contributed by atoms with E-state index in [0.29, 0.717) is 16.2 Å². The van der Waals surface area contributed by atoms with E-state index in [2.05, 4.69) is 20.2 Å². The van der Waals surface area contributed by atoms with Gasteiger partial charge in [-0.1, -0.05) is 11.8 Å².